The number of sulfonamides is 1. The van der Waals surface area contributed by atoms with Gasteiger partial charge in [0.25, 0.3) is 0 Å². The number of nitrogens with one attached hydrogen (secondary N) is 2. The van der Waals surface area contributed by atoms with Crippen LogP contribution in [-0.4, -0.2) is 86.4 Å². The Kier molecular flexibility index (Phi) is 12.2. The number of hydrogen-bond acceptors (Lipinski definition) is 6. The molecule has 0 aromatic carbocycles. The van der Waals surface area contributed by atoms with Gasteiger partial charge in [0.2, 0.25) is 10.0 Å². The zero-order valence-corrected chi connectivity index (χ0v) is 21.8. The van der Waals surface area contributed by atoms with Gasteiger partial charge in [-0.3, -0.25) is 9.88 Å². The molecule has 0 bridgehead atoms. The van der Waals surface area contributed by atoms with Crippen LogP contribution in [0.4, 0.5) is 4.79 Å². The summed E-state index contributed by atoms with van der Waals surface area (Å²) >= 11 is 0. The Balaban J connectivity index is 1.32. The van der Waals surface area contributed by atoms with E-state index in [1.807, 2.05) is 16.4 Å². The van der Waals surface area contributed by atoms with Crippen molar-refractivity contribution in [2.75, 3.05) is 51.7 Å². The van der Waals surface area contributed by atoms with Gasteiger partial charge in [0.05, 0.1) is 19.0 Å². The molecule has 9 nitrogen and oxygen atoms in total. The second-order valence-electron chi connectivity index (χ2n) is 9.56. The van der Waals surface area contributed by atoms with Crippen LogP contribution in [0.2, 0.25) is 0 Å². The number of aromatic nitrogens is 1. The predicted molar refractivity (Wildman–Crippen MR) is 138 cm³/mol. The van der Waals surface area contributed by atoms with Gasteiger partial charge in [-0.25, -0.2) is 13.2 Å². The average Bonchev–Trinajstić information content (AvgIpc) is 2.88. The Labute approximate surface area is 211 Å². The summed E-state index contributed by atoms with van der Waals surface area (Å²) in [6, 6.07) is 3.72. The molecule has 0 unspecified atom stereocenters. The highest BCUT2D eigenvalue weighted by atomic mass is 32.2. The van der Waals surface area contributed by atoms with Gasteiger partial charge in [-0.1, -0.05) is 38.2 Å². The topological polar surface area (TPSA) is 104 Å². The molecule has 2 fully saturated rings. The smallest absolute Gasteiger partial charge is 0.315 e. The Bertz CT molecular complexity index is 828. The minimum absolute atomic E-state index is 0.157. The Morgan fingerprint density at radius 2 is 1.86 bits per heavy atom. The van der Waals surface area contributed by atoms with E-state index in [1.54, 1.807) is 12.4 Å². The molecule has 2 N–H and O–H groups in total. The number of rotatable bonds is 14. The van der Waals surface area contributed by atoms with Crippen molar-refractivity contribution in [1.29, 1.82) is 0 Å². The summed E-state index contributed by atoms with van der Waals surface area (Å²) in [7, 11) is -3.27. The van der Waals surface area contributed by atoms with Crippen LogP contribution < -0.4 is 10.6 Å². The minimum atomic E-state index is -3.27. The van der Waals surface area contributed by atoms with Gasteiger partial charge < -0.3 is 15.4 Å². The van der Waals surface area contributed by atoms with Crippen molar-refractivity contribution in [1.82, 2.24) is 24.8 Å². The molecule has 35 heavy (non-hydrogen) atoms. The third-order valence-electron chi connectivity index (χ3n) is 6.87. The molecule has 1 aromatic rings. The molecule has 2 heterocycles. The lowest BCUT2D eigenvalue weighted by molar-refractivity contribution is 0.0348. The highest BCUT2D eigenvalue weighted by Gasteiger charge is 2.31. The van der Waals surface area contributed by atoms with Crippen LogP contribution in [0.5, 0.6) is 0 Å². The lowest BCUT2D eigenvalue weighted by Crippen LogP contribution is -2.48. The number of urea groups is 1. The van der Waals surface area contributed by atoms with Gasteiger partial charge in [-0.15, -0.1) is 0 Å². The van der Waals surface area contributed by atoms with E-state index < -0.39 is 10.0 Å². The van der Waals surface area contributed by atoms with Crippen LogP contribution in [0, 0.1) is 0 Å². The normalized spacial score (nSPS) is 18.0. The molecule has 0 radical (unpaired) electrons. The van der Waals surface area contributed by atoms with E-state index in [4.69, 9.17) is 4.74 Å². The molecule has 1 saturated carbocycles. The SMILES string of the molecule is O=C(NCCCCCCS(=O)(=O)N(CCN1CCOCC1)C1CCCCC1)NCc1cccnc1. The highest BCUT2D eigenvalue weighted by molar-refractivity contribution is 7.89. The predicted octanol–water partition coefficient (Wildman–Crippen LogP) is 2.74. The van der Waals surface area contributed by atoms with Crippen molar-refractivity contribution in [3.8, 4) is 0 Å². The average molecular weight is 510 g/mol. The third-order valence-corrected chi connectivity index (χ3v) is 8.87. The van der Waals surface area contributed by atoms with E-state index in [-0.39, 0.29) is 17.8 Å². The fourth-order valence-corrected chi connectivity index (χ4v) is 6.64. The first-order valence-corrected chi connectivity index (χ1v) is 14.9. The first kappa shape index (κ1) is 27.8. The molecule has 1 aliphatic carbocycles. The number of ether oxygens (including phenoxy) is 1. The number of carbonyl (C=O) groups is 1. The van der Waals surface area contributed by atoms with Gasteiger partial charge in [-0.2, -0.15) is 4.31 Å². The van der Waals surface area contributed by atoms with Gasteiger partial charge >= 0.3 is 6.03 Å². The lowest BCUT2D eigenvalue weighted by atomic mass is 9.95. The van der Waals surface area contributed by atoms with Crippen LogP contribution in [0.15, 0.2) is 24.5 Å². The van der Waals surface area contributed by atoms with Gasteiger partial charge in [0.1, 0.15) is 0 Å². The zero-order chi connectivity index (χ0) is 24.8. The first-order chi connectivity index (χ1) is 17.0. The molecule has 2 aliphatic rings. The molecule has 1 aliphatic heterocycles. The summed E-state index contributed by atoms with van der Waals surface area (Å²) < 4.78 is 33.8. The van der Waals surface area contributed by atoms with E-state index >= 15 is 0 Å². The summed E-state index contributed by atoms with van der Waals surface area (Å²) in [6.45, 7) is 5.63. The third kappa shape index (κ3) is 10.4. The Morgan fingerprint density at radius 3 is 2.60 bits per heavy atom. The summed E-state index contributed by atoms with van der Waals surface area (Å²) in [5, 5.41) is 5.67. The van der Waals surface area contributed by atoms with E-state index in [0.717, 1.165) is 83.4 Å². The molecule has 2 amide bonds. The number of hydrogen-bond donors (Lipinski definition) is 2. The number of morpholine rings is 1. The van der Waals surface area contributed by atoms with Crippen LogP contribution in [-0.2, 0) is 21.3 Å². The number of unbranched alkanes of at least 4 members (excludes halogenated alkanes) is 3. The molecular weight excluding hydrogens is 466 g/mol. The zero-order valence-electron chi connectivity index (χ0n) is 21.0. The van der Waals surface area contributed by atoms with E-state index in [9.17, 15) is 13.2 Å². The molecule has 0 atom stereocenters. The fourth-order valence-electron chi connectivity index (χ4n) is 4.81. The number of carbonyl (C=O) groups excluding carboxylic acids is 1. The van der Waals surface area contributed by atoms with Crippen LogP contribution in [0.25, 0.3) is 0 Å². The standard InChI is InChI=1S/C25H43N5O4S/c31-25(28-22-23-9-8-12-26-21-23)27-13-6-1-2-7-20-35(32,33)30(24-10-4-3-5-11-24)15-14-29-16-18-34-19-17-29/h8-9,12,21,24H,1-7,10-11,13-20,22H2,(H2,27,28,31). The first-order valence-electron chi connectivity index (χ1n) is 13.2. The molecule has 10 heteroatoms. The maximum Gasteiger partial charge on any atom is 0.315 e. The molecule has 0 spiro atoms. The number of pyridine rings is 1. The summed E-state index contributed by atoms with van der Waals surface area (Å²) in [4.78, 5) is 18.2. The highest BCUT2D eigenvalue weighted by Crippen LogP contribution is 2.25. The van der Waals surface area contributed by atoms with Gasteiger partial charge in [-0.05, 0) is 37.3 Å². The molecule has 1 saturated heterocycles. The van der Waals surface area contributed by atoms with Crippen molar-refractivity contribution in [3.63, 3.8) is 0 Å². The molecule has 1 aromatic heterocycles. The molecular formula is C25H43N5O4S. The molecule has 3 rings (SSSR count). The quantitative estimate of drug-likeness (QED) is 0.374. The Morgan fingerprint density at radius 1 is 1.09 bits per heavy atom. The number of amides is 2. The number of nitrogens with zero attached hydrogens (tertiary/aromatic N) is 3. The summed E-state index contributed by atoms with van der Waals surface area (Å²) in [6.07, 6.45) is 12.1. The fraction of sp³-hybridized carbons (Fsp3) is 0.760. The maximum atomic E-state index is 13.3. The summed E-state index contributed by atoms with van der Waals surface area (Å²) in [5.41, 5.74) is 0.955. The summed E-state index contributed by atoms with van der Waals surface area (Å²) in [5.74, 6) is 0.214. The maximum absolute atomic E-state index is 13.3. The minimum Gasteiger partial charge on any atom is -0.379 e. The van der Waals surface area contributed by atoms with E-state index in [2.05, 4.69) is 20.5 Å². The van der Waals surface area contributed by atoms with Crippen LogP contribution in [0.1, 0.15) is 63.4 Å². The van der Waals surface area contributed by atoms with Crippen molar-refractivity contribution in [3.05, 3.63) is 30.1 Å². The van der Waals surface area contributed by atoms with Crippen molar-refractivity contribution in [2.45, 2.75) is 70.4 Å². The molecule has 198 valence electrons. The Hall–Kier alpha value is -1.75. The van der Waals surface area contributed by atoms with E-state index in [0.29, 0.717) is 26.1 Å². The van der Waals surface area contributed by atoms with E-state index in [1.165, 1.54) is 6.42 Å². The van der Waals surface area contributed by atoms with Crippen LogP contribution in [0.3, 0.4) is 0 Å². The largest absolute Gasteiger partial charge is 0.379 e. The van der Waals surface area contributed by atoms with Crippen LogP contribution >= 0.6 is 0 Å². The second-order valence-corrected chi connectivity index (χ2v) is 11.6. The van der Waals surface area contributed by atoms with Gasteiger partial charge in [0.15, 0.2) is 0 Å². The van der Waals surface area contributed by atoms with Crippen molar-refractivity contribution < 1.29 is 17.9 Å². The van der Waals surface area contributed by atoms with Crippen molar-refractivity contribution in [2.24, 2.45) is 0 Å². The monoisotopic (exact) mass is 509 g/mol. The second kappa shape index (κ2) is 15.4. The van der Waals surface area contributed by atoms with Gasteiger partial charge in [0, 0.05) is 57.7 Å². The lowest BCUT2D eigenvalue weighted by Gasteiger charge is -2.35. The van der Waals surface area contributed by atoms with Crippen molar-refractivity contribution >= 4 is 16.1 Å².